The molecule has 3 N–H and O–H groups in total. The van der Waals surface area contributed by atoms with E-state index in [0.717, 1.165) is 24.5 Å². The quantitative estimate of drug-likeness (QED) is 0.717. The van der Waals surface area contributed by atoms with Gasteiger partial charge >= 0.3 is 0 Å². The van der Waals surface area contributed by atoms with E-state index in [-0.39, 0.29) is 6.04 Å². The number of hydrogen-bond acceptors (Lipinski definition) is 5. The third kappa shape index (κ3) is 3.50. The molecule has 8 heteroatoms. The van der Waals surface area contributed by atoms with Gasteiger partial charge in [-0.2, -0.15) is 16.9 Å². The fourth-order valence-electron chi connectivity index (χ4n) is 2.09. The van der Waals surface area contributed by atoms with Gasteiger partial charge in [-0.05, 0) is 25.6 Å². The van der Waals surface area contributed by atoms with Crippen LogP contribution in [0.25, 0.3) is 0 Å². The second-order valence-electron chi connectivity index (χ2n) is 4.59. The van der Waals surface area contributed by atoms with Crippen molar-refractivity contribution < 1.29 is 8.42 Å². The van der Waals surface area contributed by atoms with Crippen molar-refractivity contribution in [1.29, 1.82) is 0 Å². The molecule has 0 radical (unpaired) electrons. The fourth-order valence-corrected chi connectivity index (χ4v) is 4.99. The maximum atomic E-state index is 12.4. The molecular weight excluding hydrogens is 284 g/mol. The molecular formula is C11H20N4O2S2. The first-order chi connectivity index (χ1) is 9.04. The summed E-state index contributed by atoms with van der Waals surface area (Å²) in [5, 5.41) is 9.95. The number of thioether (sulfide) groups is 1. The van der Waals surface area contributed by atoms with E-state index >= 15 is 0 Å². The zero-order chi connectivity index (χ0) is 13.9. The lowest BCUT2D eigenvalue weighted by Gasteiger charge is -2.12. The summed E-state index contributed by atoms with van der Waals surface area (Å²) in [6.07, 6.45) is 0.892. The smallest absolute Gasteiger partial charge is 0.244 e. The van der Waals surface area contributed by atoms with Gasteiger partial charge < -0.3 is 5.32 Å². The molecule has 0 aliphatic carbocycles. The lowest BCUT2D eigenvalue weighted by atomic mass is 10.3. The first-order valence-electron chi connectivity index (χ1n) is 6.39. The van der Waals surface area contributed by atoms with Crippen LogP contribution in [0.2, 0.25) is 0 Å². The van der Waals surface area contributed by atoms with Crippen LogP contribution in [0.3, 0.4) is 0 Å². The Morgan fingerprint density at radius 3 is 2.95 bits per heavy atom. The zero-order valence-electron chi connectivity index (χ0n) is 11.2. The van der Waals surface area contributed by atoms with Crippen molar-refractivity contribution in [2.45, 2.75) is 37.8 Å². The number of nitrogens with zero attached hydrogens (tertiary/aromatic N) is 1. The van der Waals surface area contributed by atoms with Crippen LogP contribution in [0.15, 0.2) is 4.90 Å². The normalized spacial score (nSPS) is 20.0. The maximum Gasteiger partial charge on any atom is 0.244 e. The number of aryl methyl sites for hydroxylation is 1. The number of rotatable bonds is 6. The van der Waals surface area contributed by atoms with Crippen molar-refractivity contribution in [1.82, 2.24) is 20.2 Å². The molecule has 1 saturated heterocycles. The molecule has 19 heavy (non-hydrogen) atoms. The molecule has 1 fully saturated rings. The van der Waals surface area contributed by atoms with Gasteiger partial charge in [0, 0.05) is 18.3 Å². The Labute approximate surface area is 118 Å². The minimum atomic E-state index is -3.49. The van der Waals surface area contributed by atoms with Crippen molar-refractivity contribution in [3.05, 3.63) is 11.4 Å². The van der Waals surface area contributed by atoms with Crippen molar-refractivity contribution in [3.63, 3.8) is 0 Å². The van der Waals surface area contributed by atoms with E-state index in [1.165, 1.54) is 0 Å². The molecule has 1 aliphatic rings. The van der Waals surface area contributed by atoms with Gasteiger partial charge in [0.1, 0.15) is 4.90 Å². The average Bonchev–Trinajstić information content (AvgIpc) is 2.95. The predicted octanol–water partition coefficient (Wildman–Crippen LogP) is 0.611. The third-order valence-electron chi connectivity index (χ3n) is 3.02. The van der Waals surface area contributed by atoms with Crippen LogP contribution in [0.1, 0.15) is 24.7 Å². The van der Waals surface area contributed by atoms with E-state index in [1.807, 2.05) is 6.92 Å². The number of aromatic amines is 1. The summed E-state index contributed by atoms with van der Waals surface area (Å²) in [6.45, 7) is 4.94. The highest BCUT2D eigenvalue weighted by atomic mass is 32.2. The van der Waals surface area contributed by atoms with E-state index in [9.17, 15) is 8.42 Å². The molecule has 108 valence electrons. The minimum Gasteiger partial charge on any atom is -0.311 e. The highest BCUT2D eigenvalue weighted by Crippen LogP contribution is 2.22. The van der Waals surface area contributed by atoms with Crippen LogP contribution >= 0.6 is 11.8 Å². The van der Waals surface area contributed by atoms with Gasteiger partial charge in [-0.1, -0.05) is 6.92 Å². The summed E-state index contributed by atoms with van der Waals surface area (Å²) < 4.78 is 27.7. The Morgan fingerprint density at radius 2 is 2.32 bits per heavy atom. The Kier molecular flexibility index (Phi) is 4.88. The minimum absolute atomic E-state index is 0.0382. The highest BCUT2D eigenvalue weighted by molar-refractivity contribution is 7.99. The van der Waals surface area contributed by atoms with Gasteiger partial charge in [0.15, 0.2) is 0 Å². The molecule has 1 aliphatic heterocycles. The van der Waals surface area contributed by atoms with E-state index in [1.54, 1.807) is 18.7 Å². The molecule has 1 aromatic heterocycles. The lowest BCUT2D eigenvalue weighted by Crippen LogP contribution is -2.35. The van der Waals surface area contributed by atoms with Gasteiger partial charge in [0.05, 0.1) is 11.4 Å². The monoisotopic (exact) mass is 304 g/mol. The Balaban J connectivity index is 2.20. The molecule has 2 heterocycles. The summed E-state index contributed by atoms with van der Waals surface area (Å²) in [7, 11) is -3.49. The van der Waals surface area contributed by atoms with Gasteiger partial charge in [-0.15, -0.1) is 0 Å². The van der Waals surface area contributed by atoms with E-state index < -0.39 is 10.0 Å². The topological polar surface area (TPSA) is 86.9 Å². The molecule has 0 spiro atoms. The first-order valence-corrected chi connectivity index (χ1v) is 9.03. The van der Waals surface area contributed by atoms with Crippen LogP contribution in [0.5, 0.6) is 0 Å². The second kappa shape index (κ2) is 6.25. The summed E-state index contributed by atoms with van der Waals surface area (Å²) in [5.74, 6) is 1.86. The third-order valence-corrected chi connectivity index (χ3v) is 5.91. The Morgan fingerprint density at radius 1 is 1.53 bits per heavy atom. The van der Waals surface area contributed by atoms with Gasteiger partial charge in [-0.3, -0.25) is 5.10 Å². The summed E-state index contributed by atoms with van der Waals surface area (Å²) in [6, 6.07) is 0.0382. The van der Waals surface area contributed by atoms with Crippen molar-refractivity contribution in [2.75, 3.05) is 18.1 Å². The standard InChI is InChI=1S/C11H20N4O2S2/c1-3-12-6-10-11(8(2)13-14-10)19(16,17)15-9-4-5-18-7-9/h9,12,15H,3-7H2,1-2H3,(H,13,14). The molecule has 0 amide bonds. The highest BCUT2D eigenvalue weighted by Gasteiger charge is 2.28. The molecule has 0 saturated carbocycles. The van der Waals surface area contributed by atoms with Crippen LogP contribution < -0.4 is 10.0 Å². The molecule has 2 rings (SSSR count). The summed E-state index contributed by atoms with van der Waals surface area (Å²) in [5.41, 5.74) is 1.14. The molecule has 0 aromatic carbocycles. The van der Waals surface area contributed by atoms with Crippen LogP contribution in [-0.2, 0) is 16.6 Å². The van der Waals surface area contributed by atoms with Crippen molar-refractivity contribution in [2.24, 2.45) is 0 Å². The first kappa shape index (κ1) is 14.8. The van der Waals surface area contributed by atoms with Gasteiger partial charge in [-0.25, -0.2) is 13.1 Å². The van der Waals surface area contributed by atoms with E-state index in [0.29, 0.717) is 22.8 Å². The van der Waals surface area contributed by atoms with Crippen molar-refractivity contribution >= 4 is 21.8 Å². The Bertz CT molecular complexity index is 521. The zero-order valence-corrected chi connectivity index (χ0v) is 12.8. The SMILES string of the molecule is CCNCc1n[nH]c(C)c1S(=O)(=O)NC1CCSC1. The number of aromatic nitrogens is 2. The van der Waals surface area contributed by atoms with Crippen LogP contribution in [0, 0.1) is 6.92 Å². The number of hydrogen-bond donors (Lipinski definition) is 3. The second-order valence-corrected chi connectivity index (χ2v) is 7.39. The number of sulfonamides is 1. The molecule has 1 atom stereocenters. The van der Waals surface area contributed by atoms with Gasteiger partial charge in [0.2, 0.25) is 10.0 Å². The fraction of sp³-hybridized carbons (Fsp3) is 0.727. The number of H-pyrrole nitrogens is 1. The van der Waals surface area contributed by atoms with Crippen molar-refractivity contribution in [3.8, 4) is 0 Å². The van der Waals surface area contributed by atoms with E-state index in [4.69, 9.17) is 0 Å². The maximum absolute atomic E-state index is 12.4. The predicted molar refractivity (Wildman–Crippen MR) is 76.8 cm³/mol. The van der Waals surface area contributed by atoms with Crippen LogP contribution in [0.4, 0.5) is 0 Å². The van der Waals surface area contributed by atoms with E-state index in [2.05, 4.69) is 20.2 Å². The molecule has 1 aromatic rings. The summed E-state index contributed by atoms with van der Waals surface area (Å²) >= 11 is 1.78. The molecule has 1 unspecified atom stereocenters. The Hall–Kier alpha value is -0.570. The lowest BCUT2D eigenvalue weighted by molar-refractivity contribution is 0.560. The average molecular weight is 304 g/mol. The largest absolute Gasteiger partial charge is 0.311 e. The van der Waals surface area contributed by atoms with Gasteiger partial charge in [0.25, 0.3) is 0 Å². The molecule has 6 nitrogen and oxygen atoms in total. The molecule has 0 bridgehead atoms. The number of nitrogens with one attached hydrogen (secondary N) is 3. The van der Waals surface area contributed by atoms with Crippen LogP contribution in [-0.4, -0.2) is 42.7 Å². The summed E-state index contributed by atoms with van der Waals surface area (Å²) in [4.78, 5) is 0.297.